The van der Waals surface area contributed by atoms with Crippen LogP contribution in [0.4, 0.5) is 0 Å². The Kier molecular flexibility index (Phi) is 3.66. The fourth-order valence-electron chi connectivity index (χ4n) is 4.53. The average Bonchev–Trinajstić information content (AvgIpc) is 3.20. The second-order valence-electron chi connectivity index (χ2n) is 6.54. The molecular weight excluding hydrogens is 292 g/mol. The molecule has 5 atom stereocenters. The minimum Gasteiger partial charge on any atom is -0.358 e. The molecule has 3 aliphatic rings. The van der Waals surface area contributed by atoms with Crippen LogP contribution in [0.2, 0.25) is 0 Å². The Morgan fingerprint density at radius 2 is 2.32 bits per heavy atom. The summed E-state index contributed by atoms with van der Waals surface area (Å²) in [5.41, 5.74) is 3.88. The summed E-state index contributed by atoms with van der Waals surface area (Å²) < 4.78 is 0. The number of rotatable bonds is 3. The summed E-state index contributed by atoms with van der Waals surface area (Å²) in [7, 11) is 0. The Bertz CT molecular complexity index is 612. The van der Waals surface area contributed by atoms with Crippen molar-refractivity contribution in [2.75, 3.05) is 0 Å². The zero-order valence-electron chi connectivity index (χ0n) is 12.4. The minimum absolute atomic E-state index is 0.502. The molecule has 0 amide bonds. The molecule has 114 valence electrons. The highest BCUT2D eigenvalue weighted by Gasteiger charge is 2.52. The molecular formula is C17H20N4S. The van der Waals surface area contributed by atoms with Gasteiger partial charge in [-0.1, -0.05) is 18.2 Å². The van der Waals surface area contributed by atoms with E-state index in [-0.39, 0.29) is 0 Å². The van der Waals surface area contributed by atoms with Gasteiger partial charge in [0.05, 0.1) is 6.21 Å². The second kappa shape index (κ2) is 5.80. The molecule has 0 unspecified atom stereocenters. The van der Waals surface area contributed by atoms with Crippen molar-refractivity contribution >= 4 is 23.5 Å². The van der Waals surface area contributed by atoms with Crippen molar-refractivity contribution in [3.8, 4) is 0 Å². The molecule has 1 heterocycles. The van der Waals surface area contributed by atoms with Crippen LogP contribution in [0, 0.1) is 23.7 Å². The monoisotopic (exact) mass is 312 g/mol. The van der Waals surface area contributed by atoms with Gasteiger partial charge < -0.3 is 5.32 Å². The third-order valence-corrected chi connectivity index (χ3v) is 5.60. The summed E-state index contributed by atoms with van der Waals surface area (Å²) in [6.45, 7) is 0. The number of nitrogens with one attached hydrogen (secondary N) is 2. The largest absolute Gasteiger partial charge is 0.358 e. The number of thiocarbonyl (C=S) groups is 1. The van der Waals surface area contributed by atoms with E-state index in [0.29, 0.717) is 11.2 Å². The Labute approximate surface area is 136 Å². The number of nitrogens with zero attached hydrogens (tertiary/aromatic N) is 2. The quantitative estimate of drug-likeness (QED) is 0.390. The molecule has 2 saturated carbocycles. The third-order valence-electron chi connectivity index (χ3n) is 5.39. The predicted molar refractivity (Wildman–Crippen MR) is 91.4 cm³/mol. The van der Waals surface area contributed by atoms with Crippen molar-refractivity contribution in [2.24, 2.45) is 28.8 Å². The van der Waals surface area contributed by atoms with Gasteiger partial charge in [-0.2, -0.15) is 5.10 Å². The normalized spacial score (nSPS) is 35.0. The van der Waals surface area contributed by atoms with Crippen LogP contribution in [0.3, 0.4) is 0 Å². The number of fused-ring (bicyclic) bond motifs is 5. The van der Waals surface area contributed by atoms with Crippen molar-refractivity contribution in [2.45, 2.75) is 25.3 Å². The van der Waals surface area contributed by atoms with Crippen LogP contribution in [-0.2, 0) is 0 Å². The molecule has 1 aromatic rings. The van der Waals surface area contributed by atoms with Gasteiger partial charge in [0.15, 0.2) is 5.11 Å². The van der Waals surface area contributed by atoms with Crippen LogP contribution in [0.5, 0.6) is 0 Å². The summed E-state index contributed by atoms with van der Waals surface area (Å²) in [6.07, 6.45) is 13.9. The lowest BCUT2D eigenvalue weighted by Gasteiger charge is -2.32. The van der Waals surface area contributed by atoms with Crippen molar-refractivity contribution < 1.29 is 0 Å². The molecule has 2 fully saturated rings. The van der Waals surface area contributed by atoms with E-state index in [1.54, 1.807) is 18.6 Å². The summed E-state index contributed by atoms with van der Waals surface area (Å²) in [5.74, 6) is 3.31. The van der Waals surface area contributed by atoms with Crippen LogP contribution in [0.15, 0.2) is 41.8 Å². The molecule has 4 nitrogen and oxygen atoms in total. The first-order chi connectivity index (χ1) is 10.8. The zero-order chi connectivity index (χ0) is 14.9. The lowest BCUT2D eigenvalue weighted by Crippen LogP contribution is -2.45. The average molecular weight is 312 g/mol. The Hall–Kier alpha value is -1.75. The van der Waals surface area contributed by atoms with Gasteiger partial charge in [0.2, 0.25) is 0 Å². The first kappa shape index (κ1) is 13.9. The maximum Gasteiger partial charge on any atom is 0.187 e. The molecule has 4 rings (SSSR count). The molecule has 0 saturated heterocycles. The van der Waals surface area contributed by atoms with E-state index < -0.39 is 0 Å². The smallest absolute Gasteiger partial charge is 0.187 e. The second-order valence-corrected chi connectivity index (χ2v) is 6.94. The third kappa shape index (κ3) is 2.54. The molecule has 0 aromatic carbocycles. The lowest BCUT2D eigenvalue weighted by atomic mass is 9.79. The molecule has 0 radical (unpaired) electrons. The molecule has 2 bridgehead atoms. The standard InChI is InChI=1S/C17H20N4S/c22-17(21-19-10-11-3-2-6-18-9-11)20-16-8-12-7-15(16)14-5-1-4-13(12)14/h1-3,5-6,9-10,12-16H,4,7-8H2,(H2,20,21,22)/b19-10-/t12-,13+,14-,15-,16+/m0/s1. The minimum atomic E-state index is 0.502. The highest BCUT2D eigenvalue weighted by atomic mass is 32.1. The van der Waals surface area contributed by atoms with Crippen LogP contribution in [-0.4, -0.2) is 22.4 Å². The number of pyridine rings is 1. The molecule has 0 aliphatic heterocycles. The number of aromatic nitrogens is 1. The van der Waals surface area contributed by atoms with Gasteiger partial charge in [-0.15, -0.1) is 0 Å². The number of hydrazone groups is 1. The Morgan fingerprint density at radius 3 is 3.18 bits per heavy atom. The van der Waals surface area contributed by atoms with E-state index in [0.717, 1.165) is 29.2 Å². The SMILES string of the molecule is S=C(N/N=C\c1cccnc1)N[C@@H]1C[C@@H]2C[C@H]1[C@H]1C=CC[C@H]21. The van der Waals surface area contributed by atoms with E-state index in [1.165, 1.54) is 19.3 Å². The van der Waals surface area contributed by atoms with Gasteiger partial charge in [-0.25, -0.2) is 0 Å². The van der Waals surface area contributed by atoms with Gasteiger partial charge in [0, 0.05) is 24.0 Å². The molecule has 0 spiro atoms. The maximum atomic E-state index is 5.37. The fourth-order valence-corrected chi connectivity index (χ4v) is 4.73. The summed E-state index contributed by atoms with van der Waals surface area (Å²) in [4.78, 5) is 4.05. The molecule has 22 heavy (non-hydrogen) atoms. The summed E-state index contributed by atoms with van der Waals surface area (Å²) in [6, 6.07) is 4.35. The zero-order valence-corrected chi connectivity index (χ0v) is 13.2. The first-order valence-corrected chi connectivity index (χ1v) is 8.38. The maximum absolute atomic E-state index is 5.37. The van der Waals surface area contributed by atoms with E-state index in [1.807, 2.05) is 12.1 Å². The number of hydrogen-bond donors (Lipinski definition) is 2. The Morgan fingerprint density at radius 1 is 1.36 bits per heavy atom. The lowest BCUT2D eigenvalue weighted by molar-refractivity contribution is 0.246. The highest BCUT2D eigenvalue weighted by molar-refractivity contribution is 7.80. The molecule has 3 aliphatic carbocycles. The van der Waals surface area contributed by atoms with E-state index in [9.17, 15) is 0 Å². The topological polar surface area (TPSA) is 49.3 Å². The fraction of sp³-hybridized carbons (Fsp3) is 0.471. The van der Waals surface area contributed by atoms with Gasteiger partial charge in [0.25, 0.3) is 0 Å². The molecule has 1 aromatic heterocycles. The summed E-state index contributed by atoms with van der Waals surface area (Å²) >= 11 is 5.37. The van der Waals surface area contributed by atoms with Gasteiger partial charge in [0.1, 0.15) is 0 Å². The highest BCUT2D eigenvalue weighted by Crippen LogP contribution is 2.56. The van der Waals surface area contributed by atoms with Gasteiger partial charge >= 0.3 is 0 Å². The first-order valence-electron chi connectivity index (χ1n) is 7.97. The predicted octanol–water partition coefficient (Wildman–Crippen LogP) is 2.48. The van der Waals surface area contributed by atoms with Crippen LogP contribution in [0.1, 0.15) is 24.8 Å². The van der Waals surface area contributed by atoms with Crippen LogP contribution >= 0.6 is 12.2 Å². The molecule has 5 heteroatoms. The van der Waals surface area contributed by atoms with Crippen LogP contribution in [0.25, 0.3) is 0 Å². The van der Waals surface area contributed by atoms with Crippen molar-refractivity contribution in [3.63, 3.8) is 0 Å². The van der Waals surface area contributed by atoms with Gasteiger partial charge in [-0.3, -0.25) is 10.4 Å². The van der Waals surface area contributed by atoms with Crippen molar-refractivity contribution in [1.82, 2.24) is 15.7 Å². The number of hydrogen-bond acceptors (Lipinski definition) is 3. The summed E-state index contributed by atoms with van der Waals surface area (Å²) in [5, 5.41) is 8.27. The van der Waals surface area contributed by atoms with Gasteiger partial charge in [-0.05, 0) is 61.2 Å². The van der Waals surface area contributed by atoms with Crippen molar-refractivity contribution in [3.05, 3.63) is 42.2 Å². The van der Waals surface area contributed by atoms with E-state index in [2.05, 4.69) is 33.0 Å². The van der Waals surface area contributed by atoms with Crippen molar-refractivity contribution in [1.29, 1.82) is 0 Å². The van der Waals surface area contributed by atoms with E-state index in [4.69, 9.17) is 12.2 Å². The van der Waals surface area contributed by atoms with Crippen LogP contribution < -0.4 is 10.7 Å². The Balaban J connectivity index is 1.30. The number of allylic oxidation sites excluding steroid dienone is 2. The van der Waals surface area contributed by atoms with E-state index >= 15 is 0 Å². The molecule has 2 N–H and O–H groups in total.